The number of carbonyl (C=O) groups excluding carboxylic acids is 2. The molecule has 0 radical (unpaired) electrons. The van der Waals surface area contributed by atoms with Gasteiger partial charge in [0.2, 0.25) is 15.8 Å². The Kier molecular flexibility index (Phi) is 7.20. The molecule has 1 fully saturated rings. The molecule has 0 amide bonds. The molecular formula is C25H31NO5S. The predicted molar refractivity (Wildman–Crippen MR) is 123 cm³/mol. The van der Waals surface area contributed by atoms with E-state index in [1.165, 1.54) is 4.31 Å². The number of hydrogen-bond donors (Lipinski definition) is 0. The van der Waals surface area contributed by atoms with Gasteiger partial charge in [-0.1, -0.05) is 17.7 Å². The van der Waals surface area contributed by atoms with Crippen LogP contribution >= 0.6 is 0 Å². The van der Waals surface area contributed by atoms with Gasteiger partial charge in [0, 0.05) is 18.7 Å². The Bertz CT molecular complexity index is 1130. The minimum absolute atomic E-state index is 0.221. The summed E-state index contributed by atoms with van der Waals surface area (Å²) < 4.78 is 32.4. The van der Waals surface area contributed by atoms with Crippen LogP contribution in [0.4, 0.5) is 0 Å². The zero-order chi connectivity index (χ0) is 23.6. The van der Waals surface area contributed by atoms with Gasteiger partial charge in [-0.2, -0.15) is 4.31 Å². The van der Waals surface area contributed by atoms with E-state index in [-0.39, 0.29) is 30.4 Å². The van der Waals surface area contributed by atoms with E-state index in [0.29, 0.717) is 18.4 Å². The van der Waals surface area contributed by atoms with Crippen molar-refractivity contribution in [3.8, 4) is 0 Å². The third kappa shape index (κ3) is 4.94. The molecule has 0 aromatic heterocycles. The van der Waals surface area contributed by atoms with E-state index < -0.39 is 21.9 Å². The van der Waals surface area contributed by atoms with Gasteiger partial charge in [0.1, 0.15) is 0 Å². The maximum Gasteiger partial charge on any atom is 0.309 e. The number of aryl methyl sites for hydroxylation is 2. The van der Waals surface area contributed by atoms with Crippen LogP contribution in [0.15, 0.2) is 35.2 Å². The van der Waals surface area contributed by atoms with Crippen LogP contribution in [-0.2, 0) is 19.6 Å². The molecular weight excluding hydrogens is 426 g/mol. The number of esters is 1. The van der Waals surface area contributed by atoms with Gasteiger partial charge in [0.05, 0.1) is 10.8 Å². The number of nitrogens with zero attached hydrogens (tertiary/aromatic N) is 1. The fraction of sp³-hybridized carbons (Fsp3) is 0.440. The fourth-order valence-corrected chi connectivity index (χ4v) is 5.49. The summed E-state index contributed by atoms with van der Waals surface area (Å²) in [4.78, 5) is 25.5. The van der Waals surface area contributed by atoms with Crippen LogP contribution in [0.1, 0.15) is 51.0 Å². The van der Waals surface area contributed by atoms with Gasteiger partial charge < -0.3 is 4.74 Å². The highest BCUT2D eigenvalue weighted by Crippen LogP contribution is 2.25. The fourth-order valence-electron chi connectivity index (χ4n) is 4.03. The van der Waals surface area contributed by atoms with E-state index in [0.717, 1.165) is 27.8 Å². The molecule has 1 heterocycles. The van der Waals surface area contributed by atoms with Crippen molar-refractivity contribution in [1.29, 1.82) is 0 Å². The highest BCUT2D eigenvalue weighted by Gasteiger charge is 2.33. The first kappa shape index (κ1) is 24.1. The number of benzene rings is 2. The van der Waals surface area contributed by atoms with Crippen molar-refractivity contribution in [2.75, 3.05) is 19.7 Å². The molecule has 0 aliphatic carbocycles. The van der Waals surface area contributed by atoms with Crippen LogP contribution in [-0.4, -0.2) is 44.2 Å². The van der Waals surface area contributed by atoms with Gasteiger partial charge >= 0.3 is 5.97 Å². The Labute approximate surface area is 190 Å². The molecule has 3 rings (SSSR count). The van der Waals surface area contributed by atoms with Gasteiger partial charge in [0.25, 0.3) is 0 Å². The number of sulfonamides is 1. The maximum atomic E-state index is 12.8. The Balaban J connectivity index is 1.57. The molecule has 0 spiro atoms. The number of carbonyl (C=O) groups is 2. The molecule has 7 heteroatoms. The molecule has 0 unspecified atom stereocenters. The monoisotopic (exact) mass is 457 g/mol. The van der Waals surface area contributed by atoms with Crippen LogP contribution in [0, 0.1) is 40.5 Å². The topological polar surface area (TPSA) is 80.8 Å². The maximum absolute atomic E-state index is 12.8. The number of piperidine rings is 1. The molecule has 1 saturated heterocycles. The van der Waals surface area contributed by atoms with E-state index in [9.17, 15) is 18.0 Å². The third-order valence-electron chi connectivity index (χ3n) is 6.57. The van der Waals surface area contributed by atoms with Crippen molar-refractivity contribution in [2.24, 2.45) is 5.92 Å². The summed E-state index contributed by atoms with van der Waals surface area (Å²) >= 11 is 0. The number of ether oxygens (including phenoxy) is 1. The average Bonchev–Trinajstić information content (AvgIpc) is 2.78. The lowest BCUT2D eigenvalue weighted by atomic mass is 9.93. The molecule has 2 aromatic rings. The minimum Gasteiger partial charge on any atom is -0.457 e. The van der Waals surface area contributed by atoms with Crippen molar-refractivity contribution in [3.05, 3.63) is 63.7 Å². The molecule has 0 N–H and O–H groups in total. The van der Waals surface area contributed by atoms with Crippen molar-refractivity contribution < 1.29 is 22.7 Å². The first-order chi connectivity index (χ1) is 15.0. The van der Waals surface area contributed by atoms with E-state index in [2.05, 4.69) is 0 Å². The molecule has 1 aliphatic rings. The normalized spacial score (nSPS) is 15.5. The summed E-state index contributed by atoms with van der Waals surface area (Å²) in [6.07, 6.45) is 0.750. The van der Waals surface area contributed by atoms with Gasteiger partial charge in [-0.3, -0.25) is 9.59 Å². The second kappa shape index (κ2) is 9.55. The van der Waals surface area contributed by atoms with Crippen LogP contribution < -0.4 is 0 Å². The van der Waals surface area contributed by atoms with Crippen LogP contribution in [0.2, 0.25) is 0 Å². The smallest absolute Gasteiger partial charge is 0.309 e. The Morgan fingerprint density at radius 1 is 0.938 bits per heavy atom. The summed E-state index contributed by atoms with van der Waals surface area (Å²) in [6, 6.07) is 8.60. The third-order valence-corrected chi connectivity index (χ3v) is 8.49. The van der Waals surface area contributed by atoms with Gasteiger partial charge in [-0.15, -0.1) is 0 Å². The first-order valence-electron chi connectivity index (χ1n) is 10.9. The summed E-state index contributed by atoms with van der Waals surface area (Å²) in [5, 5.41) is 0. The number of hydrogen-bond acceptors (Lipinski definition) is 5. The summed E-state index contributed by atoms with van der Waals surface area (Å²) in [5.74, 6) is -1.07. The second-order valence-electron chi connectivity index (χ2n) is 8.64. The van der Waals surface area contributed by atoms with E-state index >= 15 is 0 Å². The lowest BCUT2D eigenvalue weighted by molar-refractivity contribution is -0.148. The van der Waals surface area contributed by atoms with Crippen molar-refractivity contribution >= 4 is 21.8 Å². The lowest BCUT2D eigenvalue weighted by Crippen LogP contribution is -2.40. The predicted octanol–water partition coefficient (Wildman–Crippen LogP) is 4.06. The molecule has 0 saturated carbocycles. The molecule has 2 aromatic carbocycles. The van der Waals surface area contributed by atoms with E-state index in [1.807, 2.05) is 40.7 Å². The Morgan fingerprint density at radius 2 is 1.53 bits per heavy atom. The van der Waals surface area contributed by atoms with Gasteiger partial charge in [-0.25, -0.2) is 8.42 Å². The lowest BCUT2D eigenvalue weighted by Gasteiger charge is -2.30. The SMILES string of the molecule is Cc1ccc(S(=O)(=O)N2CCC(C(=O)OCC(=O)c3cc(C)c(C)c(C)c3C)CC2)cc1. The number of rotatable bonds is 6. The van der Waals surface area contributed by atoms with Crippen molar-refractivity contribution in [1.82, 2.24) is 4.31 Å². The molecule has 172 valence electrons. The van der Waals surface area contributed by atoms with Gasteiger partial charge in [-0.05, 0) is 87.9 Å². The van der Waals surface area contributed by atoms with Crippen molar-refractivity contribution in [3.63, 3.8) is 0 Å². The summed E-state index contributed by atoms with van der Waals surface area (Å²) in [6.45, 7) is 9.98. The molecule has 1 aliphatic heterocycles. The Morgan fingerprint density at radius 3 is 2.12 bits per heavy atom. The number of Topliss-reactive ketones (excluding diaryl/α,β-unsaturated/α-hetero) is 1. The zero-order valence-electron chi connectivity index (χ0n) is 19.4. The molecule has 6 nitrogen and oxygen atoms in total. The van der Waals surface area contributed by atoms with Crippen LogP contribution in [0.25, 0.3) is 0 Å². The first-order valence-corrected chi connectivity index (χ1v) is 12.3. The molecule has 0 bridgehead atoms. The largest absolute Gasteiger partial charge is 0.457 e. The minimum atomic E-state index is -3.58. The molecule has 0 atom stereocenters. The Hall–Kier alpha value is -2.51. The van der Waals surface area contributed by atoms with Crippen molar-refractivity contribution in [2.45, 2.75) is 52.4 Å². The summed E-state index contributed by atoms with van der Waals surface area (Å²) in [5.41, 5.74) is 5.74. The van der Waals surface area contributed by atoms with Crippen LogP contribution in [0.5, 0.6) is 0 Å². The van der Waals surface area contributed by atoms with Crippen LogP contribution in [0.3, 0.4) is 0 Å². The highest BCUT2D eigenvalue weighted by molar-refractivity contribution is 7.89. The standard InChI is InChI=1S/C25H31NO5S/c1-16-6-8-22(9-7-16)32(29,30)26-12-10-21(11-13-26)25(28)31-15-24(27)23-14-17(2)18(3)19(4)20(23)5/h6-9,14,21H,10-13,15H2,1-5H3. The highest BCUT2D eigenvalue weighted by atomic mass is 32.2. The van der Waals surface area contributed by atoms with E-state index in [1.54, 1.807) is 24.3 Å². The van der Waals surface area contributed by atoms with Gasteiger partial charge in [0.15, 0.2) is 6.61 Å². The zero-order valence-corrected chi connectivity index (χ0v) is 20.2. The van der Waals surface area contributed by atoms with E-state index in [4.69, 9.17) is 4.74 Å². The second-order valence-corrected chi connectivity index (χ2v) is 10.6. The average molecular weight is 458 g/mol. The quantitative estimate of drug-likeness (QED) is 0.483. The number of ketones is 1. The molecule has 32 heavy (non-hydrogen) atoms. The summed E-state index contributed by atoms with van der Waals surface area (Å²) in [7, 11) is -3.58.